The van der Waals surface area contributed by atoms with Gasteiger partial charge in [0.05, 0.1) is 36.4 Å². The summed E-state index contributed by atoms with van der Waals surface area (Å²) < 4.78 is 9.43. The number of hydrogen-bond donors (Lipinski definition) is 1. The molecule has 0 atom stereocenters. The zero-order valence-corrected chi connectivity index (χ0v) is 12.0. The van der Waals surface area contributed by atoms with E-state index in [9.17, 15) is 9.59 Å². The molecule has 0 radical (unpaired) electrons. The van der Waals surface area contributed by atoms with Crippen molar-refractivity contribution in [2.75, 3.05) is 19.5 Å². The number of methoxy groups -OCH3 is 2. The fraction of sp³-hybridized carbons (Fsp3) is 0.333. The molecule has 19 heavy (non-hydrogen) atoms. The SMILES string of the molecule is COC(=O)CCC(=O)Nc1cc(Cl)c(OC)cc1Cl. The topological polar surface area (TPSA) is 64.6 Å². The number of ether oxygens (including phenoxy) is 2. The van der Waals surface area contributed by atoms with Crippen molar-refractivity contribution in [3.05, 3.63) is 22.2 Å². The highest BCUT2D eigenvalue weighted by molar-refractivity contribution is 6.36. The van der Waals surface area contributed by atoms with Gasteiger partial charge in [-0.2, -0.15) is 0 Å². The summed E-state index contributed by atoms with van der Waals surface area (Å²) in [6.07, 6.45) is 0.0104. The van der Waals surface area contributed by atoms with Crippen molar-refractivity contribution in [1.29, 1.82) is 0 Å². The number of esters is 1. The summed E-state index contributed by atoms with van der Waals surface area (Å²) in [7, 11) is 2.73. The number of rotatable bonds is 5. The molecule has 0 aliphatic rings. The van der Waals surface area contributed by atoms with Gasteiger partial charge in [-0.15, -0.1) is 0 Å². The highest BCUT2D eigenvalue weighted by Crippen LogP contribution is 2.34. The first-order valence-corrected chi connectivity index (χ1v) is 6.13. The van der Waals surface area contributed by atoms with E-state index in [1.807, 2.05) is 0 Å². The minimum absolute atomic E-state index is 0.00381. The summed E-state index contributed by atoms with van der Waals surface area (Å²) in [6.45, 7) is 0. The van der Waals surface area contributed by atoms with Crippen LogP contribution in [0, 0.1) is 0 Å². The second-order valence-corrected chi connectivity index (χ2v) is 4.41. The molecule has 7 heteroatoms. The number of anilines is 1. The lowest BCUT2D eigenvalue weighted by Gasteiger charge is -2.10. The summed E-state index contributed by atoms with van der Waals surface area (Å²) in [5.74, 6) is -0.387. The Morgan fingerprint density at radius 2 is 1.84 bits per heavy atom. The quantitative estimate of drug-likeness (QED) is 0.850. The monoisotopic (exact) mass is 305 g/mol. The zero-order chi connectivity index (χ0) is 14.4. The van der Waals surface area contributed by atoms with Crippen molar-refractivity contribution in [3.63, 3.8) is 0 Å². The zero-order valence-electron chi connectivity index (χ0n) is 10.5. The van der Waals surface area contributed by atoms with E-state index in [-0.39, 0.29) is 18.7 Å². The van der Waals surface area contributed by atoms with Crippen LogP contribution >= 0.6 is 23.2 Å². The molecule has 0 bridgehead atoms. The smallest absolute Gasteiger partial charge is 0.306 e. The van der Waals surface area contributed by atoms with E-state index in [1.54, 1.807) is 0 Å². The molecule has 0 aliphatic heterocycles. The standard InChI is InChI=1S/C12H13Cl2NO4/c1-18-10-6-7(13)9(5-8(10)14)15-11(16)3-4-12(17)19-2/h5-6H,3-4H2,1-2H3,(H,15,16). The van der Waals surface area contributed by atoms with E-state index in [1.165, 1.54) is 26.4 Å². The molecule has 0 unspecified atom stereocenters. The van der Waals surface area contributed by atoms with Crippen molar-refractivity contribution >= 4 is 40.8 Å². The molecule has 0 saturated heterocycles. The molecule has 1 amide bonds. The molecular weight excluding hydrogens is 293 g/mol. The molecule has 0 aromatic heterocycles. The number of hydrogen-bond acceptors (Lipinski definition) is 4. The van der Waals surface area contributed by atoms with Crippen LogP contribution in [0.1, 0.15) is 12.8 Å². The normalized spacial score (nSPS) is 9.89. The van der Waals surface area contributed by atoms with Crippen molar-refractivity contribution in [2.24, 2.45) is 0 Å². The Morgan fingerprint density at radius 1 is 1.16 bits per heavy atom. The van der Waals surface area contributed by atoms with Gasteiger partial charge in [0.25, 0.3) is 0 Å². The molecule has 0 heterocycles. The van der Waals surface area contributed by atoms with Crippen LogP contribution in [0.5, 0.6) is 5.75 Å². The third kappa shape index (κ3) is 4.61. The molecule has 0 spiro atoms. The van der Waals surface area contributed by atoms with Crippen LogP contribution in [-0.4, -0.2) is 26.1 Å². The van der Waals surface area contributed by atoms with Gasteiger partial charge in [0.2, 0.25) is 5.91 Å². The van der Waals surface area contributed by atoms with Gasteiger partial charge in [-0.05, 0) is 6.07 Å². The average molecular weight is 306 g/mol. The Hall–Kier alpha value is -1.46. The van der Waals surface area contributed by atoms with Gasteiger partial charge in [-0.1, -0.05) is 23.2 Å². The summed E-state index contributed by atoms with van der Waals surface area (Å²) in [4.78, 5) is 22.5. The summed E-state index contributed by atoms with van der Waals surface area (Å²) in [5.41, 5.74) is 0.363. The lowest BCUT2D eigenvalue weighted by atomic mass is 10.2. The van der Waals surface area contributed by atoms with Gasteiger partial charge in [0, 0.05) is 12.5 Å². The van der Waals surface area contributed by atoms with Gasteiger partial charge in [-0.3, -0.25) is 9.59 Å². The fourth-order valence-corrected chi connectivity index (χ4v) is 1.75. The maximum atomic E-state index is 11.6. The molecule has 0 saturated carbocycles. The van der Waals surface area contributed by atoms with Crippen LogP contribution in [0.25, 0.3) is 0 Å². The Labute approximate surface area is 120 Å². The molecule has 1 aromatic rings. The van der Waals surface area contributed by atoms with Crippen LogP contribution in [0.15, 0.2) is 12.1 Å². The minimum atomic E-state index is -0.450. The van der Waals surface area contributed by atoms with E-state index in [0.717, 1.165) is 0 Å². The van der Waals surface area contributed by atoms with Crippen LogP contribution < -0.4 is 10.1 Å². The van der Waals surface area contributed by atoms with Gasteiger partial charge in [-0.25, -0.2) is 0 Å². The van der Waals surface area contributed by atoms with Gasteiger partial charge >= 0.3 is 5.97 Å². The molecule has 104 valence electrons. The fourth-order valence-electron chi connectivity index (χ4n) is 1.31. The minimum Gasteiger partial charge on any atom is -0.495 e. The Morgan fingerprint density at radius 3 is 2.42 bits per heavy atom. The average Bonchev–Trinajstić information content (AvgIpc) is 2.39. The van der Waals surface area contributed by atoms with Gasteiger partial charge < -0.3 is 14.8 Å². The predicted octanol–water partition coefficient (Wildman–Crippen LogP) is 2.89. The van der Waals surface area contributed by atoms with Crippen molar-refractivity contribution in [3.8, 4) is 5.75 Å². The first-order valence-electron chi connectivity index (χ1n) is 5.37. The number of nitrogens with one attached hydrogen (secondary N) is 1. The van der Waals surface area contributed by atoms with Gasteiger partial charge in [0.1, 0.15) is 5.75 Å². The van der Waals surface area contributed by atoms with E-state index in [4.69, 9.17) is 27.9 Å². The predicted molar refractivity (Wildman–Crippen MR) is 72.9 cm³/mol. The summed E-state index contributed by atoms with van der Waals surface area (Å²) >= 11 is 11.9. The molecule has 5 nitrogen and oxygen atoms in total. The maximum absolute atomic E-state index is 11.6. The molecular formula is C12H13Cl2NO4. The second kappa shape index (κ2) is 7.21. The molecule has 1 aromatic carbocycles. The van der Waals surface area contributed by atoms with E-state index in [2.05, 4.69) is 10.1 Å². The summed E-state index contributed by atoms with van der Waals surface area (Å²) in [5, 5.41) is 3.19. The highest BCUT2D eigenvalue weighted by Gasteiger charge is 2.12. The van der Waals surface area contributed by atoms with E-state index < -0.39 is 5.97 Å². The van der Waals surface area contributed by atoms with Crippen LogP contribution in [-0.2, 0) is 14.3 Å². The first-order chi connectivity index (χ1) is 8.97. The second-order valence-electron chi connectivity index (χ2n) is 3.59. The van der Waals surface area contributed by atoms with E-state index >= 15 is 0 Å². The Kier molecular flexibility index (Phi) is 5.92. The first kappa shape index (κ1) is 15.6. The molecule has 1 rings (SSSR count). The lowest BCUT2D eigenvalue weighted by molar-refractivity contribution is -0.141. The highest BCUT2D eigenvalue weighted by atomic mass is 35.5. The third-order valence-electron chi connectivity index (χ3n) is 2.30. The van der Waals surface area contributed by atoms with Crippen LogP contribution in [0.4, 0.5) is 5.69 Å². The third-order valence-corrected chi connectivity index (χ3v) is 2.91. The lowest BCUT2D eigenvalue weighted by Crippen LogP contribution is -2.14. The number of halogens is 2. The van der Waals surface area contributed by atoms with Crippen molar-refractivity contribution in [2.45, 2.75) is 12.8 Å². The van der Waals surface area contributed by atoms with Crippen LogP contribution in [0.2, 0.25) is 10.0 Å². The van der Waals surface area contributed by atoms with Crippen LogP contribution in [0.3, 0.4) is 0 Å². The number of carbonyl (C=O) groups is 2. The number of benzene rings is 1. The number of carbonyl (C=O) groups excluding carboxylic acids is 2. The maximum Gasteiger partial charge on any atom is 0.306 e. The van der Waals surface area contributed by atoms with Gasteiger partial charge in [0.15, 0.2) is 0 Å². The van der Waals surface area contributed by atoms with Crippen molar-refractivity contribution in [1.82, 2.24) is 0 Å². The van der Waals surface area contributed by atoms with Crippen molar-refractivity contribution < 1.29 is 19.1 Å². The molecule has 0 aliphatic carbocycles. The number of amides is 1. The van der Waals surface area contributed by atoms with E-state index in [0.29, 0.717) is 21.5 Å². The largest absolute Gasteiger partial charge is 0.495 e. The molecule has 1 N–H and O–H groups in total. The Bertz CT molecular complexity index is 491. The Balaban J connectivity index is 2.69. The molecule has 0 fully saturated rings. The summed E-state index contributed by atoms with van der Waals surface area (Å²) in [6, 6.07) is 2.98.